The maximum absolute atomic E-state index is 9.22. The first-order valence-corrected chi connectivity index (χ1v) is 6.05. The Balaban J connectivity index is 2.66. The maximum Gasteiger partial charge on any atom is 0.139 e. The predicted octanol–water partition coefficient (Wildman–Crippen LogP) is 2.14. The van der Waals surface area contributed by atoms with Crippen LogP contribution in [0.3, 0.4) is 0 Å². The average molecular weight is 255 g/mol. The van der Waals surface area contributed by atoms with Gasteiger partial charge in [0, 0.05) is 0 Å². The second-order valence-electron chi connectivity index (χ2n) is 4.17. The molecule has 18 heavy (non-hydrogen) atoms. The Labute approximate surface area is 111 Å². The van der Waals surface area contributed by atoms with Crippen molar-refractivity contribution in [3.8, 4) is 12.1 Å². The summed E-state index contributed by atoms with van der Waals surface area (Å²) < 4.78 is 0. The fourth-order valence-electron chi connectivity index (χ4n) is 2.29. The number of aromatic nitrogens is 1. The van der Waals surface area contributed by atoms with Crippen molar-refractivity contribution in [2.45, 2.75) is 30.2 Å². The van der Waals surface area contributed by atoms with Gasteiger partial charge in [-0.05, 0) is 30.7 Å². The molecule has 0 aromatic carbocycles. The molecule has 1 aromatic heterocycles. The predicted molar refractivity (Wildman–Crippen MR) is 69.4 cm³/mol. The van der Waals surface area contributed by atoms with E-state index in [1.54, 1.807) is 0 Å². The Morgan fingerprint density at radius 2 is 2.00 bits per heavy atom. The zero-order chi connectivity index (χ0) is 13.1. The van der Waals surface area contributed by atoms with Gasteiger partial charge in [0.15, 0.2) is 0 Å². The molecule has 0 fully saturated rings. The van der Waals surface area contributed by atoms with Crippen LogP contribution in [0.25, 0.3) is 0 Å². The summed E-state index contributed by atoms with van der Waals surface area (Å²) in [6, 6.07) is 4.12. The van der Waals surface area contributed by atoms with Gasteiger partial charge in [-0.1, -0.05) is 17.2 Å². The topological polar surface area (TPSA) is 86.5 Å². The van der Waals surface area contributed by atoms with Crippen molar-refractivity contribution in [3.63, 3.8) is 0 Å². The van der Waals surface area contributed by atoms with Gasteiger partial charge in [-0.25, -0.2) is 0 Å². The number of allylic oxidation sites excluding steroid dienone is 2. The molecule has 0 amide bonds. The number of rotatable bonds is 1. The van der Waals surface area contributed by atoms with Gasteiger partial charge in [0.25, 0.3) is 0 Å². The molecule has 90 valence electrons. The van der Waals surface area contributed by atoms with Crippen molar-refractivity contribution < 1.29 is 0 Å². The summed E-state index contributed by atoms with van der Waals surface area (Å²) in [5.74, 6) is 0.261. The normalized spacial score (nSPS) is 18.0. The molecule has 5 heteroatoms. The number of nitrogens with zero attached hydrogens (tertiary/aromatic N) is 3. The van der Waals surface area contributed by atoms with Crippen molar-refractivity contribution in [1.29, 1.82) is 10.5 Å². The van der Waals surface area contributed by atoms with E-state index in [0.717, 1.165) is 19.3 Å². The van der Waals surface area contributed by atoms with Crippen LogP contribution in [0.1, 0.15) is 41.9 Å². The summed E-state index contributed by atoms with van der Waals surface area (Å²) in [6.07, 6.45) is 6.82. The third-order valence-electron chi connectivity index (χ3n) is 3.13. The zero-order valence-corrected chi connectivity index (χ0v) is 10.5. The van der Waals surface area contributed by atoms with Gasteiger partial charge < -0.3 is 18.4 Å². The maximum atomic E-state index is 9.22. The van der Waals surface area contributed by atoms with Crippen molar-refractivity contribution in [2.24, 2.45) is 0 Å². The highest BCUT2D eigenvalue weighted by atomic mass is 32.1. The van der Waals surface area contributed by atoms with Crippen molar-refractivity contribution >= 4 is 18.4 Å². The number of nitrogen functional groups attached to an aromatic ring is 1. The molecule has 0 radical (unpaired) electrons. The smallest absolute Gasteiger partial charge is 0.139 e. The van der Waals surface area contributed by atoms with E-state index in [1.807, 2.05) is 0 Å². The van der Waals surface area contributed by atoms with E-state index >= 15 is 0 Å². The van der Waals surface area contributed by atoms with Crippen LogP contribution < -0.4 is 5.73 Å². The summed E-state index contributed by atoms with van der Waals surface area (Å²) in [4.78, 5) is 3.90. The number of pyridine rings is 1. The van der Waals surface area contributed by atoms with Crippen LogP contribution in [-0.4, -0.2) is 4.98 Å². The fraction of sp³-hybridized carbons (Fsp3) is 0.308. The van der Waals surface area contributed by atoms with Crippen molar-refractivity contribution in [2.75, 3.05) is 5.73 Å². The molecular weight excluding hydrogens is 244 g/mol. The summed E-state index contributed by atoms with van der Waals surface area (Å²) in [7, 11) is 0. The van der Waals surface area contributed by atoms with E-state index in [9.17, 15) is 10.5 Å². The number of hydrogen-bond donors (Lipinski definition) is 1. The molecule has 0 aliphatic heterocycles. The summed E-state index contributed by atoms with van der Waals surface area (Å²) >= 11 is 5.06. The van der Waals surface area contributed by atoms with E-state index in [1.165, 1.54) is 0 Å². The van der Waals surface area contributed by atoms with E-state index in [4.69, 9.17) is 18.4 Å². The fourth-order valence-corrected chi connectivity index (χ4v) is 2.54. The summed E-state index contributed by atoms with van der Waals surface area (Å²) in [5, 5.41) is 18.6. The third-order valence-corrected chi connectivity index (χ3v) is 3.43. The highest BCUT2D eigenvalue weighted by molar-refractivity contribution is 7.58. The largest absolute Gasteiger partial charge is 0.759 e. The van der Waals surface area contributed by atoms with Crippen LogP contribution in [0.4, 0.5) is 5.82 Å². The molecule has 1 aromatic rings. The van der Waals surface area contributed by atoms with E-state index < -0.39 is 0 Å². The van der Waals surface area contributed by atoms with Gasteiger partial charge in [0.2, 0.25) is 0 Å². The zero-order valence-electron chi connectivity index (χ0n) is 9.68. The Morgan fingerprint density at radius 1 is 1.28 bits per heavy atom. The monoisotopic (exact) mass is 255 g/mol. The Morgan fingerprint density at radius 3 is 2.56 bits per heavy atom. The molecule has 0 saturated heterocycles. The van der Waals surface area contributed by atoms with Crippen LogP contribution >= 0.6 is 0 Å². The quantitative estimate of drug-likeness (QED) is 0.613. The average Bonchev–Trinajstić information content (AvgIpc) is 2.39. The molecule has 1 aliphatic carbocycles. The molecule has 0 bridgehead atoms. The second-order valence-corrected chi connectivity index (χ2v) is 4.56. The van der Waals surface area contributed by atoms with Crippen molar-refractivity contribution in [3.05, 3.63) is 28.8 Å². The molecule has 4 nitrogen and oxygen atoms in total. The first-order valence-electron chi connectivity index (χ1n) is 5.64. The number of hydrogen-bond acceptors (Lipinski definition) is 5. The third kappa shape index (κ3) is 2.01. The lowest BCUT2D eigenvalue weighted by atomic mass is 9.83. The van der Waals surface area contributed by atoms with Crippen LogP contribution in [-0.2, 0) is 12.6 Å². The molecule has 2 N–H and O–H groups in total. The second kappa shape index (κ2) is 5.03. The number of nitriles is 2. The molecule has 0 spiro atoms. The molecule has 1 unspecified atom stereocenters. The lowest BCUT2D eigenvalue weighted by Gasteiger charge is -2.24. The van der Waals surface area contributed by atoms with Crippen molar-refractivity contribution in [1.82, 2.24) is 4.98 Å². The van der Waals surface area contributed by atoms with E-state index in [-0.39, 0.29) is 16.8 Å². The van der Waals surface area contributed by atoms with Crippen LogP contribution in [0, 0.1) is 22.7 Å². The minimum atomic E-state index is 0.131. The SMILES string of the molecule is N#Cc1c(N)nc([S-])c(C#N)c1C1CC=CCC1. The minimum Gasteiger partial charge on any atom is -0.759 e. The van der Waals surface area contributed by atoms with Gasteiger partial charge in [0.1, 0.15) is 11.9 Å². The lowest BCUT2D eigenvalue weighted by Crippen LogP contribution is -2.11. The minimum absolute atomic E-state index is 0.131. The first kappa shape index (κ1) is 12.3. The Hall–Kier alpha value is -2.11. The Kier molecular flexibility index (Phi) is 3.45. The lowest BCUT2D eigenvalue weighted by molar-refractivity contribution is 0.612. The number of nitrogens with two attached hydrogens (primary N) is 1. The molecule has 1 aliphatic rings. The summed E-state index contributed by atoms with van der Waals surface area (Å²) in [5.41, 5.74) is 7.05. The molecule has 2 rings (SSSR count). The molecule has 1 atom stereocenters. The van der Waals surface area contributed by atoms with Gasteiger partial charge in [-0.2, -0.15) is 10.5 Å². The van der Waals surface area contributed by atoms with E-state index in [2.05, 4.69) is 29.3 Å². The van der Waals surface area contributed by atoms with Gasteiger partial charge in [0.05, 0.1) is 17.2 Å². The van der Waals surface area contributed by atoms with Gasteiger partial charge in [-0.3, -0.25) is 4.98 Å². The van der Waals surface area contributed by atoms with Gasteiger partial charge in [-0.15, -0.1) is 0 Å². The summed E-state index contributed by atoms with van der Waals surface area (Å²) in [6.45, 7) is 0. The van der Waals surface area contributed by atoms with Crippen LogP contribution in [0.15, 0.2) is 17.2 Å². The molecule has 0 saturated carbocycles. The Bertz CT molecular complexity index is 554. The molecule has 1 heterocycles. The standard InChI is InChI=1S/C13H12N4S/c14-6-9-11(8-4-2-1-3-5-8)10(7-15)13(18)17-12(9)16/h1-2,8H,3-5H2,(H3,16,17,18)/p-1. The van der Waals surface area contributed by atoms with Crippen LogP contribution in [0.2, 0.25) is 0 Å². The van der Waals surface area contributed by atoms with Crippen LogP contribution in [0.5, 0.6) is 0 Å². The van der Waals surface area contributed by atoms with Gasteiger partial charge >= 0.3 is 0 Å². The highest BCUT2D eigenvalue weighted by Crippen LogP contribution is 2.35. The highest BCUT2D eigenvalue weighted by Gasteiger charge is 2.22. The van der Waals surface area contributed by atoms with E-state index in [0.29, 0.717) is 16.7 Å². The molecular formula is C13H11N4S-. The first-order chi connectivity index (χ1) is 8.69. The number of anilines is 1.